The number of carbonyl (C=O) groups excluding carboxylic acids is 1. The van der Waals surface area contributed by atoms with Crippen LogP contribution in [0.4, 0.5) is 4.79 Å². The van der Waals surface area contributed by atoms with Crippen LogP contribution in [0.25, 0.3) is 11.1 Å². The lowest BCUT2D eigenvalue weighted by molar-refractivity contribution is -0.141. The molecule has 3 aromatic rings. The number of fused-ring (bicyclic) bond motifs is 3. The van der Waals surface area contributed by atoms with Crippen LogP contribution in [-0.2, 0) is 20.5 Å². The largest absolute Gasteiger partial charge is 0.481 e. The summed E-state index contributed by atoms with van der Waals surface area (Å²) in [6.07, 6.45) is 1.71. The molecule has 1 saturated heterocycles. The van der Waals surface area contributed by atoms with Crippen LogP contribution in [0.3, 0.4) is 0 Å². The van der Waals surface area contributed by atoms with Crippen molar-refractivity contribution in [1.82, 2.24) is 4.90 Å². The average Bonchev–Trinajstić information content (AvgIpc) is 3.06. The zero-order valence-electron chi connectivity index (χ0n) is 21.8. The number of aliphatic carboxylic acids is 1. The predicted molar refractivity (Wildman–Crippen MR) is 150 cm³/mol. The van der Waals surface area contributed by atoms with Crippen molar-refractivity contribution in [3.8, 4) is 11.1 Å². The minimum absolute atomic E-state index is 0.116. The number of carbonyl (C=O) groups is 2. The first kappa shape index (κ1) is 27.2. The van der Waals surface area contributed by atoms with Gasteiger partial charge in [0.1, 0.15) is 12.4 Å². The first-order chi connectivity index (χ1) is 18.8. The van der Waals surface area contributed by atoms with Crippen LogP contribution >= 0.6 is 7.37 Å². The number of hydrogen-bond donors (Lipinski definition) is 2. The van der Waals surface area contributed by atoms with E-state index in [1.807, 2.05) is 66.7 Å². The van der Waals surface area contributed by atoms with Crippen LogP contribution in [0.15, 0.2) is 78.9 Å². The Morgan fingerprint density at radius 1 is 0.897 bits per heavy atom. The topological polar surface area (TPSA) is 104 Å². The number of likely N-dealkylation sites (tertiary alicyclic amines) is 1. The summed E-state index contributed by atoms with van der Waals surface area (Å²) in [7, 11) is -4.06. The molecule has 7 nitrogen and oxygen atoms in total. The third kappa shape index (κ3) is 5.95. The number of rotatable bonds is 8. The highest BCUT2D eigenvalue weighted by Gasteiger charge is 2.42. The second-order valence-corrected chi connectivity index (χ2v) is 13.0. The van der Waals surface area contributed by atoms with E-state index in [9.17, 15) is 24.2 Å². The maximum Gasteiger partial charge on any atom is 0.410 e. The summed E-state index contributed by atoms with van der Waals surface area (Å²) < 4.78 is 19.6. The molecule has 0 saturated carbocycles. The molecule has 39 heavy (non-hydrogen) atoms. The molecular weight excluding hydrogens is 513 g/mol. The van der Waals surface area contributed by atoms with E-state index >= 15 is 0 Å². The first-order valence-corrected chi connectivity index (χ1v) is 15.5. The summed E-state index contributed by atoms with van der Waals surface area (Å²) in [6.45, 7) is 0.430. The normalized spacial score (nSPS) is 19.3. The van der Waals surface area contributed by atoms with E-state index in [4.69, 9.17) is 4.74 Å². The predicted octanol–water partition coefficient (Wildman–Crippen LogP) is 6.35. The van der Waals surface area contributed by atoms with E-state index in [0.717, 1.165) is 34.2 Å². The minimum atomic E-state index is -4.06. The Bertz CT molecular complexity index is 1330. The van der Waals surface area contributed by atoms with Crippen LogP contribution in [0, 0.1) is 5.92 Å². The second-order valence-electron chi connectivity index (χ2n) is 10.5. The Hall–Kier alpha value is -3.41. The monoisotopic (exact) mass is 547 g/mol. The van der Waals surface area contributed by atoms with Crippen molar-refractivity contribution in [2.45, 2.75) is 43.8 Å². The molecule has 0 spiro atoms. The van der Waals surface area contributed by atoms with Crippen LogP contribution in [0.5, 0.6) is 0 Å². The molecule has 0 bridgehead atoms. The number of amides is 1. The van der Waals surface area contributed by atoms with Gasteiger partial charge in [0.05, 0.1) is 5.92 Å². The molecule has 8 heteroatoms. The fourth-order valence-electron chi connectivity index (χ4n) is 5.97. The zero-order valence-corrected chi connectivity index (χ0v) is 22.7. The number of carboxylic acid groups (broad SMARTS) is 1. The van der Waals surface area contributed by atoms with E-state index in [1.54, 1.807) is 0 Å². The van der Waals surface area contributed by atoms with Gasteiger partial charge >= 0.3 is 12.1 Å². The number of carboxylic acids is 1. The van der Waals surface area contributed by atoms with E-state index in [1.165, 1.54) is 4.90 Å². The summed E-state index contributed by atoms with van der Waals surface area (Å²) in [5.41, 5.74) is 5.23. The zero-order chi connectivity index (χ0) is 27.4. The third-order valence-electron chi connectivity index (χ3n) is 7.91. The van der Waals surface area contributed by atoms with Crippen molar-refractivity contribution in [1.29, 1.82) is 0 Å². The van der Waals surface area contributed by atoms with Gasteiger partial charge in [-0.1, -0.05) is 91.7 Å². The molecule has 0 aromatic heterocycles. The van der Waals surface area contributed by atoms with E-state index in [2.05, 4.69) is 12.1 Å². The van der Waals surface area contributed by atoms with Gasteiger partial charge < -0.3 is 14.7 Å². The lowest BCUT2D eigenvalue weighted by Gasteiger charge is -2.33. The highest BCUT2D eigenvalue weighted by molar-refractivity contribution is 7.58. The van der Waals surface area contributed by atoms with Gasteiger partial charge in [-0.15, -0.1) is 0 Å². The summed E-state index contributed by atoms with van der Waals surface area (Å²) in [5, 5.41) is 9.86. The smallest absolute Gasteiger partial charge is 0.410 e. The van der Waals surface area contributed by atoms with Gasteiger partial charge in [-0.25, -0.2) is 4.79 Å². The molecule has 3 unspecified atom stereocenters. The van der Waals surface area contributed by atoms with Crippen molar-refractivity contribution in [2.24, 2.45) is 5.92 Å². The number of nitrogens with zero attached hydrogens (tertiary/aromatic N) is 1. The molecule has 2 aliphatic rings. The Labute approximate surface area is 228 Å². The standard InChI is InChI=1S/C31H34NO6P/c33-30(34)23(19-22-11-3-1-4-12-22)21-39(36,37)29-17-5-2-10-18-32(29)31(35)38-20-28-26-15-8-6-13-24(26)25-14-7-9-16-27(25)28/h1,3-4,6-9,11-16,23,28-29H,2,5,10,17-21H2,(H,33,34)(H,36,37). The second kappa shape index (κ2) is 11.8. The summed E-state index contributed by atoms with van der Waals surface area (Å²) in [4.78, 5) is 38.2. The Kier molecular flexibility index (Phi) is 8.20. The fraction of sp³-hybridized carbons (Fsp3) is 0.355. The lowest BCUT2D eigenvalue weighted by atomic mass is 9.98. The number of ether oxygens (including phenoxy) is 1. The minimum Gasteiger partial charge on any atom is -0.481 e. The molecule has 1 amide bonds. The van der Waals surface area contributed by atoms with Crippen molar-refractivity contribution in [2.75, 3.05) is 19.3 Å². The number of hydrogen-bond acceptors (Lipinski definition) is 4. The molecule has 1 heterocycles. The van der Waals surface area contributed by atoms with E-state index in [-0.39, 0.29) is 18.9 Å². The third-order valence-corrected chi connectivity index (χ3v) is 10.3. The van der Waals surface area contributed by atoms with Crippen molar-refractivity contribution < 1.29 is 28.9 Å². The highest BCUT2D eigenvalue weighted by atomic mass is 31.2. The van der Waals surface area contributed by atoms with Gasteiger partial charge in [0.2, 0.25) is 7.37 Å². The van der Waals surface area contributed by atoms with Gasteiger partial charge in [-0.2, -0.15) is 0 Å². The van der Waals surface area contributed by atoms with Gasteiger partial charge in [0, 0.05) is 18.6 Å². The maximum absolute atomic E-state index is 13.8. The lowest BCUT2D eigenvalue weighted by Crippen LogP contribution is -2.42. The summed E-state index contributed by atoms with van der Waals surface area (Å²) >= 11 is 0. The Morgan fingerprint density at radius 3 is 2.15 bits per heavy atom. The molecule has 2 N–H and O–H groups in total. The molecule has 3 atom stereocenters. The van der Waals surface area contributed by atoms with Crippen molar-refractivity contribution in [3.05, 3.63) is 95.6 Å². The van der Waals surface area contributed by atoms with Crippen LogP contribution in [-0.4, -0.2) is 52.1 Å². The molecular formula is C31H34NO6P. The molecule has 5 rings (SSSR count). The first-order valence-electron chi connectivity index (χ1n) is 13.5. The fourth-order valence-corrected chi connectivity index (χ4v) is 8.36. The molecule has 1 aliphatic heterocycles. The molecule has 0 radical (unpaired) electrons. The number of benzene rings is 3. The Morgan fingerprint density at radius 2 is 1.51 bits per heavy atom. The SMILES string of the molecule is O=C(O)C(Cc1ccccc1)CP(=O)(O)C1CCCCCN1C(=O)OCC1c2ccccc2-c2ccccc21. The molecule has 1 aliphatic carbocycles. The van der Waals surface area contributed by atoms with Gasteiger partial charge in [-0.05, 0) is 47.1 Å². The van der Waals surface area contributed by atoms with Gasteiger partial charge in [0.25, 0.3) is 0 Å². The van der Waals surface area contributed by atoms with Crippen molar-refractivity contribution >= 4 is 19.4 Å². The van der Waals surface area contributed by atoms with Crippen molar-refractivity contribution in [3.63, 3.8) is 0 Å². The highest BCUT2D eigenvalue weighted by Crippen LogP contribution is 2.53. The summed E-state index contributed by atoms with van der Waals surface area (Å²) in [6, 6.07) is 25.3. The average molecular weight is 548 g/mol. The van der Waals surface area contributed by atoms with E-state index in [0.29, 0.717) is 25.8 Å². The molecule has 3 aromatic carbocycles. The maximum atomic E-state index is 13.8. The van der Waals surface area contributed by atoms with Gasteiger partial charge in [-0.3, -0.25) is 14.3 Å². The van der Waals surface area contributed by atoms with Gasteiger partial charge in [0.15, 0.2) is 0 Å². The quantitative estimate of drug-likeness (QED) is 0.319. The van der Waals surface area contributed by atoms with Crippen LogP contribution < -0.4 is 0 Å². The molecule has 204 valence electrons. The van der Waals surface area contributed by atoms with Crippen LogP contribution in [0.2, 0.25) is 0 Å². The van der Waals surface area contributed by atoms with E-state index < -0.39 is 37.3 Å². The van der Waals surface area contributed by atoms with Crippen LogP contribution in [0.1, 0.15) is 48.3 Å². The summed E-state index contributed by atoms with van der Waals surface area (Å²) in [5.74, 6) is -3.23. The molecule has 1 fully saturated rings. The Balaban J connectivity index is 1.32.